The molecule has 130 valence electrons. The van der Waals surface area contributed by atoms with Crippen LogP contribution in [0.3, 0.4) is 0 Å². The van der Waals surface area contributed by atoms with Gasteiger partial charge in [-0.05, 0) is 18.2 Å². The second-order valence-electron chi connectivity index (χ2n) is 5.07. The van der Waals surface area contributed by atoms with Crippen LogP contribution in [0, 0.1) is 21.4 Å². The van der Waals surface area contributed by atoms with E-state index in [4.69, 9.17) is 4.74 Å². The number of amides is 1. The first-order valence-corrected chi connectivity index (χ1v) is 7.55. The SMILES string of the molecule is C=CCOc1ccccc1/C=C(\C#N)C(=O)Nc1cccc([N+](=O)[O-])c1. The zero-order chi connectivity index (χ0) is 18.9. The lowest BCUT2D eigenvalue weighted by molar-refractivity contribution is -0.384. The molecule has 0 atom stereocenters. The van der Waals surface area contributed by atoms with Crippen LogP contribution in [0.2, 0.25) is 0 Å². The van der Waals surface area contributed by atoms with Crippen molar-refractivity contribution in [3.05, 3.63) is 82.4 Å². The first kappa shape index (κ1) is 18.4. The number of hydrogen-bond donors (Lipinski definition) is 1. The number of nitrogens with one attached hydrogen (secondary N) is 1. The van der Waals surface area contributed by atoms with Gasteiger partial charge in [0.2, 0.25) is 0 Å². The molecule has 0 unspecified atom stereocenters. The summed E-state index contributed by atoms with van der Waals surface area (Å²) in [7, 11) is 0. The van der Waals surface area contributed by atoms with Crippen LogP contribution in [-0.4, -0.2) is 17.4 Å². The van der Waals surface area contributed by atoms with Crippen LogP contribution in [0.1, 0.15) is 5.56 Å². The number of non-ortho nitro benzene ring substituents is 1. The predicted molar refractivity (Wildman–Crippen MR) is 97.5 cm³/mol. The molecular formula is C19H15N3O4. The highest BCUT2D eigenvalue weighted by atomic mass is 16.6. The Labute approximate surface area is 150 Å². The van der Waals surface area contributed by atoms with Crippen molar-refractivity contribution in [2.45, 2.75) is 0 Å². The van der Waals surface area contributed by atoms with Crippen molar-refractivity contribution in [2.75, 3.05) is 11.9 Å². The maximum atomic E-state index is 12.3. The van der Waals surface area contributed by atoms with Crippen molar-refractivity contribution in [3.63, 3.8) is 0 Å². The van der Waals surface area contributed by atoms with Crippen LogP contribution in [0.25, 0.3) is 6.08 Å². The Hall–Kier alpha value is -3.92. The number of anilines is 1. The largest absolute Gasteiger partial charge is 0.489 e. The third-order valence-electron chi connectivity index (χ3n) is 3.26. The Morgan fingerprint density at radius 3 is 2.77 bits per heavy atom. The van der Waals surface area contributed by atoms with Gasteiger partial charge in [-0.2, -0.15) is 5.26 Å². The van der Waals surface area contributed by atoms with E-state index in [1.165, 1.54) is 30.3 Å². The third-order valence-corrected chi connectivity index (χ3v) is 3.26. The van der Waals surface area contributed by atoms with Crippen molar-refractivity contribution < 1.29 is 14.5 Å². The smallest absolute Gasteiger partial charge is 0.271 e. The molecule has 0 bridgehead atoms. The van der Waals surface area contributed by atoms with Gasteiger partial charge in [-0.1, -0.05) is 36.9 Å². The fraction of sp³-hybridized carbons (Fsp3) is 0.0526. The van der Waals surface area contributed by atoms with Crippen molar-refractivity contribution >= 4 is 23.4 Å². The van der Waals surface area contributed by atoms with E-state index in [0.29, 0.717) is 11.3 Å². The Balaban J connectivity index is 2.25. The van der Waals surface area contributed by atoms with Gasteiger partial charge in [-0.25, -0.2) is 0 Å². The van der Waals surface area contributed by atoms with Gasteiger partial charge in [0, 0.05) is 23.4 Å². The molecule has 0 spiro atoms. The lowest BCUT2D eigenvalue weighted by Gasteiger charge is -2.08. The minimum atomic E-state index is -0.675. The van der Waals surface area contributed by atoms with Gasteiger partial charge in [-0.3, -0.25) is 14.9 Å². The quantitative estimate of drug-likeness (QED) is 0.270. The third kappa shape index (κ3) is 4.79. The molecule has 1 N–H and O–H groups in total. The van der Waals surface area contributed by atoms with E-state index in [-0.39, 0.29) is 23.6 Å². The molecular weight excluding hydrogens is 334 g/mol. The summed E-state index contributed by atoms with van der Waals surface area (Å²) in [6.45, 7) is 3.86. The highest BCUT2D eigenvalue weighted by molar-refractivity contribution is 6.09. The monoisotopic (exact) mass is 349 g/mol. The summed E-state index contributed by atoms with van der Waals surface area (Å²) in [6.07, 6.45) is 2.98. The summed E-state index contributed by atoms with van der Waals surface area (Å²) in [5.41, 5.74) is 0.459. The Morgan fingerprint density at radius 2 is 2.08 bits per heavy atom. The molecule has 0 aliphatic rings. The first-order chi connectivity index (χ1) is 12.5. The number of rotatable bonds is 7. The van der Waals surface area contributed by atoms with E-state index in [2.05, 4.69) is 11.9 Å². The number of carbonyl (C=O) groups is 1. The molecule has 0 saturated carbocycles. The van der Waals surface area contributed by atoms with Crippen molar-refractivity contribution in [3.8, 4) is 11.8 Å². The zero-order valence-electron chi connectivity index (χ0n) is 13.7. The van der Waals surface area contributed by atoms with Crippen LogP contribution in [-0.2, 0) is 4.79 Å². The standard InChI is InChI=1S/C19H15N3O4/c1-2-10-26-18-9-4-3-6-14(18)11-15(13-20)19(23)21-16-7-5-8-17(12-16)22(24)25/h2-9,11-12H,1,10H2,(H,21,23)/b15-11+. The van der Waals surface area contributed by atoms with E-state index in [1.807, 2.05) is 6.07 Å². The fourth-order valence-electron chi connectivity index (χ4n) is 2.08. The zero-order valence-corrected chi connectivity index (χ0v) is 13.7. The maximum absolute atomic E-state index is 12.3. The van der Waals surface area contributed by atoms with Crippen LogP contribution in [0.5, 0.6) is 5.75 Å². The molecule has 0 saturated heterocycles. The van der Waals surface area contributed by atoms with Crippen LogP contribution < -0.4 is 10.1 Å². The minimum Gasteiger partial charge on any atom is -0.489 e. The molecule has 7 nitrogen and oxygen atoms in total. The van der Waals surface area contributed by atoms with Crippen LogP contribution in [0.4, 0.5) is 11.4 Å². The first-order valence-electron chi connectivity index (χ1n) is 7.55. The molecule has 1 amide bonds. The van der Waals surface area contributed by atoms with Crippen molar-refractivity contribution in [1.82, 2.24) is 0 Å². The molecule has 0 radical (unpaired) electrons. The van der Waals surface area contributed by atoms with E-state index in [9.17, 15) is 20.2 Å². The van der Waals surface area contributed by atoms with E-state index < -0.39 is 10.8 Å². The number of nitro groups is 1. The highest BCUT2D eigenvalue weighted by Gasteiger charge is 2.13. The molecule has 7 heteroatoms. The summed E-state index contributed by atoms with van der Waals surface area (Å²) < 4.78 is 5.49. The van der Waals surface area contributed by atoms with Gasteiger partial charge in [-0.15, -0.1) is 0 Å². The molecule has 0 aromatic heterocycles. The molecule has 0 aliphatic heterocycles. The lowest BCUT2D eigenvalue weighted by atomic mass is 10.1. The predicted octanol–water partition coefficient (Wildman–Crippen LogP) is 3.71. The van der Waals surface area contributed by atoms with Gasteiger partial charge in [0.15, 0.2) is 0 Å². The average molecular weight is 349 g/mol. The summed E-state index contributed by atoms with van der Waals surface area (Å²) >= 11 is 0. The molecule has 2 rings (SSSR count). The summed E-state index contributed by atoms with van der Waals surface area (Å²) in [6, 6.07) is 14.2. The summed E-state index contributed by atoms with van der Waals surface area (Å²) in [5.74, 6) is -0.171. The van der Waals surface area contributed by atoms with Gasteiger partial charge in [0.25, 0.3) is 11.6 Å². The molecule has 0 aliphatic carbocycles. The number of ether oxygens (including phenoxy) is 1. The number of para-hydroxylation sites is 1. The summed E-state index contributed by atoms with van der Waals surface area (Å²) in [4.78, 5) is 22.6. The Kier molecular flexibility index (Phi) is 6.23. The van der Waals surface area contributed by atoms with E-state index in [0.717, 1.165) is 0 Å². The molecule has 0 fully saturated rings. The summed E-state index contributed by atoms with van der Waals surface area (Å²) in [5, 5.41) is 22.6. The molecule has 2 aromatic rings. The highest BCUT2D eigenvalue weighted by Crippen LogP contribution is 2.22. The number of benzene rings is 2. The lowest BCUT2D eigenvalue weighted by Crippen LogP contribution is -2.13. The minimum absolute atomic E-state index is 0.159. The van der Waals surface area contributed by atoms with Crippen LogP contribution in [0.15, 0.2) is 66.8 Å². The Bertz CT molecular complexity index is 913. The Morgan fingerprint density at radius 1 is 1.31 bits per heavy atom. The molecule has 2 aromatic carbocycles. The number of carbonyl (C=O) groups excluding carboxylic acids is 1. The second-order valence-corrected chi connectivity index (χ2v) is 5.07. The normalized spacial score (nSPS) is 10.5. The number of hydrogen-bond acceptors (Lipinski definition) is 5. The second kappa shape index (κ2) is 8.80. The van der Waals surface area contributed by atoms with Crippen molar-refractivity contribution in [1.29, 1.82) is 5.26 Å². The van der Waals surface area contributed by atoms with Gasteiger partial charge in [0.05, 0.1) is 4.92 Å². The maximum Gasteiger partial charge on any atom is 0.271 e. The van der Waals surface area contributed by atoms with Crippen LogP contribution >= 0.6 is 0 Å². The average Bonchev–Trinajstić information content (AvgIpc) is 2.65. The van der Waals surface area contributed by atoms with E-state index in [1.54, 1.807) is 30.3 Å². The molecule has 26 heavy (non-hydrogen) atoms. The van der Waals surface area contributed by atoms with Crippen molar-refractivity contribution in [2.24, 2.45) is 0 Å². The number of nitriles is 1. The molecule has 0 heterocycles. The van der Waals surface area contributed by atoms with Gasteiger partial charge >= 0.3 is 0 Å². The number of nitrogens with zero attached hydrogens (tertiary/aromatic N) is 2. The van der Waals surface area contributed by atoms with Gasteiger partial charge in [0.1, 0.15) is 24.0 Å². The topological polar surface area (TPSA) is 105 Å². The van der Waals surface area contributed by atoms with E-state index >= 15 is 0 Å². The fourth-order valence-corrected chi connectivity index (χ4v) is 2.08. The number of nitro benzene ring substituents is 1. The van der Waals surface area contributed by atoms with Gasteiger partial charge < -0.3 is 10.1 Å².